The molecule has 0 saturated carbocycles. The van der Waals surface area contributed by atoms with E-state index in [0.29, 0.717) is 19.8 Å². The molecule has 1 atom stereocenters. The molecule has 0 spiro atoms. The average molecular weight is 358 g/mol. The van der Waals surface area contributed by atoms with Crippen LogP contribution in [0.5, 0.6) is 11.5 Å². The Balaban J connectivity index is 1.44. The van der Waals surface area contributed by atoms with Gasteiger partial charge in [-0.1, -0.05) is 13.0 Å². The van der Waals surface area contributed by atoms with Gasteiger partial charge in [0.1, 0.15) is 0 Å². The van der Waals surface area contributed by atoms with Crippen LogP contribution in [0.25, 0.3) is 0 Å². The quantitative estimate of drug-likeness (QED) is 0.832. The van der Waals surface area contributed by atoms with Gasteiger partial charge in [-0.2, -0.15) is 0 Å². The van der Waals surface area contributed by atoms with E-state index in [2.05, 4.69) is 28.9 Å². The molecule has 26 heavy (non-hydrogen) atoms. The summed E-state index contributed by atoms with van der Waals surface area (Å²) in [6.45, 7) is 7.23. The highest BCUT2D eigenvalue weighted by Gasteiger charge is 2.32. The summed E-state index contributed by atoms with van der Waals surface area (Å²) in [6, 6.07) is 6.36. The van der Waals surface area contributed by atoms with Crippen LogP contribution in [0.15, 0.2) is 18.2 Å². The van der Waals surface area contributed by atoms with Crippen molar-refractivity contribution in [2.24, 2.45) is 5.92 Å². The molecular formula is C21H30N2O3. The minimum absolute atomic E-state index is 0.170. The number of amides is 1. The van der Waals surface area contributed by atoms with E-state index in [0.717, 1.165) is 56.3 Å². The van der Waals surface area contributed by atoms with E-state index >= 15 is 0 Å². The van der Waals surface area contributed by atoms with Crippen LogP contribution in [0.2, 0.25) is 0 Å². The fourth-order valence-corrected chi connectivity index (χ4v) is 4.30. The smallest absolute Gasteiger partial charge is 0.237 e. The van der Waals surface area contributed by atoms with Crippen LogP contribution in [-0.2, 0) is 4.79 Å². The van der Waals surface area contributed by atoms with Crippen LogP contribution in [-0.4, -0.2) is 55.1 Å². The molecule has 4 rings (SSSR count). The molecule has 0 radical (unpaired) electrons. The van der Waals surface area contributed by atoms with Crippen molar-refractivity contribution in [1.82, 2.24) is 9.80 Å². The summed E-state index contributed by atoms with van der Waals surface area (Å²) in [4.78, 5) is 17.4. The summed E-state index contributed by atoms with van der Waals surface area (Å²) >= 11 is 0. The predicted molar refractivity (Wildman–Crippen MR) is 101 cm³/mol. The number of nitrogens with zero attached hydrogens (tertiary/aromatic N) is 2. The Morgan fingerprint density at radius 3 is 2.62 bits per heavy atom. The van der Waals surface area contributed by atoms with Crippen LogP contribution in [0, 0.1) is 5.92 Å². The number of benzene rings is 1. The van der Waals surface area contributed by atoms with Crippen molar-refractivity contribution in [2.45, 2.75) is 45.1 Å². The second-order valence-corrected chi connectivity index (χ2v) is 7.96. The van der Waals surface area contributed by atoms with Crippen LogP contribution in [0.3, 0.4) is 0 Å². The van der Waals surface area contributed by atoms with Crippen LogP contribution in [0.1, 0.15) is 50.6 Å². The standard InChI is InChI=1S/C21H30N2O3/c1-16-7-10-22(11-8-16)15-21(24)23-9-2-4-18(23)17-5-6-19-20(14-17)26-13-3-12-25-19/h5-6,14,16,18H,2-4,7-13,15H2,1H3/t18-/m0/s1. The zero-order valence-electron chi connectivity index (χ0n) is 15.8. The first-order valence-corrected chi connectivity index (χ1v) is 10.1. The number of fused-ring (bicyclic) bond motifs is 1. The molecule has 0 unspecified atom stereocenters. The van der Waals surface area contributed by atoms with Crippen molar-refractivity contribution in [1.29, 1.82) is 0 Å². The summed E-state index contributed by atoms with van der Waals surface area (Å²) in [7, 11) is 0. The Morgan fingerprint density at radius 2 is 1.81 bits per heavy atom. The highest BCUT2D eigenvalue weighted by molar-refractivity contribution is 5.79. The number of likely N-dealkylation sites (tertiary alicyclic amines) is 2. The van der Waals surface area contributed by atoms with Gasteiger partial charge in [-0.15, -0.1) is 0 Å². The highest BCUT2D eigenvalue weighted by Crippen LogP contribution is 2.38. The summed E-state index contributed by atoms with van der Waals surface area (Å²) < 4.78 is 11.6. The van der Waals surface area contributed by atoms with Crippen LogP contribution < -0.4 is 9.47 Å². The number of carbonyl (C=O) groups excluding carboxylic acids is 1. The topological polar surface area (TPSA) is 42.0 Å². The molecule has 3 aliphatic rings. The van der Waals surface area contributed by atoms with Gasteiger partial charge in [0, 0.05) is 13.0 Å². The van der Waals surface area contributed by atoms with Gasteiger partial charge >= 0.3 is 0 Å². The maximum Gasteiger partial charge on any atom is 0.237 e. The third kappa shape index (κ3) is 3.83. The monoisotopic (exact) mass is 358 g/mol. The van der Waals surface area contributed by atoms with E-state index < -0.39 is 0 Å². The SMILES string of the molecule is CC1CCN(CC(=O)N2CCC[C@H]2c2ccc3c(c2)OCCCO3)CC1. The molecule has 5 heteroatoms. The zero-order valence-corrected chi connectivity index (χ0v) is 15.8. The lowest BCUT2D eigenvalue weighted by Gasteiger charge is -2.32. The lowest BCUT2D eigenvalue weighted by molar-refractivity contribution is -0.133. The van der Waals surface area contributed by atoms with E-state index in [-0.39, 0.29) is 11.9 Å². The summed E-state index contributed by atoms with van der Waals surface area (Å²) in [5.74, 6) is 2.71. The summed E-state index contributed by atoms with van der Waals surface area (Å²) in [5.41, 5.74) is 1.17. The molecule has 0 aliphatic carbocycles. The first-order valence-electron chi connectivity index (χ1n) is 10.1. The molecule has 0 bridgehead atoms. The summed E-state index contributed by atoms with van der Waals surface area (Å²) in [6.07, 6.45) is 5.43. The number of carbonyl (C=O) groups is 1. The van der Waals surface area contributed by atoms with E-state index in [1.54, 1.807) is 0 Å². The Hall–Kier alpha value is -1.75. The number of piperidine rings is 1. The molecule has 5 nitrogen and oxygen atoms in total. The van der Waals surface area contributed by atoms with Gasteiger partial charge in [-0.05, 0) is 62.4 Å². The molecule has 3 aliphatic heterocycles. The molecule has 3 heterocycles. The maximum atomic E-state index is 13.0. The lowest BCUT2D eigenvalue weighted by Crippen LogP contribution is -2.43. The maximum absolute atomic E-state index is 13.0. The predicted octanol–water partition coefficient (Wildman–Crippen LogP) is 3.24. The number of hydrogen-bond donors (Lipinski definition) is 0. The third-order valence-electron chi connectivity index (χ3n) is 5.96. The molecule has 1 amide bonds. The van der Waals surface area contributed by atoms with Crippen LogP contribution >= 0.6 is 0 Å². The fourth-order valence-electron chi connectivity index (χ4n) is 4.30. The molecule has 1 aromatic rings. The Morgan fingerprint density at radius 1 is 1.04 bits per heavy atom. The first kappa shape index (κ1) is 17.7. The van der Waals surface area contributed by atoms with Gasteiger partial charge in [-0.3, -0.25) is 9.69 Å². The number of ether oxygens (including phenoxy) is 2. The van der Waals surface area contributed by atoms with E-state index in [1.807, 2.05) is 6.07 Å². The second-order valence-electron chi connectivity index (χ2n) is 7.96. The van der Waals surface area contributed by atoms with Gasteiger partial charge in [0.25, 0.3) is 0 Å². The van der Waals surface area contributed by atoms with Gasteiger partial charge in [0.05, 0.1) is 25.8 Å². The molecule has 0 N–H and O–H groups in total. The van der Waals surface area contributed by atoms with E-state index in [1.165, 1.54) is 18.4 Å². The molecule has 2 fully saturated rings. The van der Waals surface area contributed by atoms with Gasteiger partial charge in [-0.25, -0.2) is 0 Å². The van der Waals surface area contributed by atoms with E-state index in [9.17, 15) is 4.79 Å². The van der Waals surface area contributed by atoms with E-state index in [4.69, 9.17) is 9.47 Å². The van der Waals surface area contributed by atoms with Crippen LogP contribution in [0.4, 0.5) is 0 Å². The Kier molecular flexibility index (Phi) is 5.34. The molecule has 142 valence electrons. The molecule has 0 aromatic heterocycles. The fraction of sp³-hybridized carbons (Fsp3) is 0.667. The second kappa shape index (κ2) is 7.87. The highest BCUT2D eigenvalue weighted by atomic mass is 16.5. The van der Waals surface area contributed by atoms with Gasteiger partial charge < -0.3 is 14.4 Å². The molecule has 1 aromatic carbocycles. The van der Waals surface area contributed by atoms with Gasteiger partial charge in [0.2, 0.25) is 5.91 Å². The Bertz CT molecular complexity index is 640. The minimum Gasteiger partial charge on any atom is -0.490 e. The molecular weight excluding hydrogens is 328 g/mol. The van der Waals surface area contributed by atoms with Crippen molar-refractivity contribution in [3.63, 3.8) is 0 Å². The zero-order chi connectivity index (χ0) is 17.9. The van der Waals surface area contributed by atoms with Crippen molar-refractivity contribution in [3.05, 3.63) is 23.8 Å². The van der Waals surface area contributed by atoms with Crippen molar-refractivity contribution < 1.29 is 14.3 Å². The summed E-state index contributed by atoms with van der Waals surface area (Å²) in [5, 5.41) is 0. The number of hydrogen-bond acceptors (Lipinski definition) is 4. The third-order valence-corrected chi connectivity index (χ3v) is 5.96. The molecule has 2 saturated heterocycles. The average Bonchev–Trinajstić information content (AvgIpc) is 3.02. The number of rotatable bonds is 3. The van der Waals surface area contributed by atoms with Crippen molar-refractivity contribution in [3.8, 4) is 11.5 Å². The van der Waals surface area contributed by atoms with Crippen molar-refractivity contribution in [2.75, 3.05) is 39.4 Å². The normalized spacial score (nSPS) is 24.5. The first-order chi connectivity index (χ1) is 12.7. The lowest BCUT2D eigenvalue weighted by atomic mass is 9.99. The Labute approximate surface area is 156 Å². The largest absolute Gasteiger partial charge is 0.490 e. The van der Waals surface area contributed by atoms with Crippen molar-refractivity contribution >= 4 is 5.91 Å². The van der Waals surface area contributed by atoms with Gasteiger partial charge in [0.15, 0.2) is 11.5 Å². The minimum atomic E-state index is 0.170.